The van der Waals surface area contributed by atoms with Gasteiger partial charge in [-0.15, -0.1) is 0 Å². The van der Waals surface area contributed by atoms with Crippen LogP contribution in [0.2, 0.25) is 5.02 Å². The molecular formula is C13H7ClF3NO. The average Bonchev–Trinajstić information content (AvgIpc) is 2.31. The van der Waals surface area contributed by atoms with Gasteiger partial charge < -0.3 is 5.73 Å². The molecule has 0 aliphatic heterocycles. The van der Waals surface area contributed by atoms with Crippen LogP contribution in [0, 0.1) is 17.5 Å². The summed E-state index contributed by atoms with van der Waals surface area (Å²) in [5, 5.41) is 0.0915. The van der Waals surface area contributed by atoms with Crippen molar-refractivity contribution in [1.82, 2.24) is 0 Å². The molecule has 2 N–H and O–H groups in total. The standard InChI is InChI=1S/C13H7ClF3NO/c14-8-3-6(1-2-11(8)18)13(19)12-9(16)4-7(15)5-10(12)17/h1-5H,18H2. The molecule has 0 unspecified atom stereocenters. The van der Waals surface area contributed by atoms with E-state index in [9.17, 15) is 18.0 Å². The van der Waals surface area contributed by atoms with Crippen molar-refractivity contribution in [3.05, 3.63) is 63.9 Å². The highest BCUT2D eigenvalue weighted by molar-refractivity contribution is 6.33. The third-order valence-corrected chi connectivity index (χ3v) is 2.82. The minimum absolute atomic E-state index is 0.0383. The minimum atomic E-state index is -1.27. The van der Waals surface area contributed by atoms with Crippen LogP contribution in [0.5, 0.6) is 0 Å². The first kappa shape index (κ1) is 13.4. The first-order valence-corrected chi connectivity index (χ1v) is 5.52. The number of benzene rings is 2. The molecule has 98 valence electrons. The van der Waals surface area contributed by atoms with E-state index < -0.39 is 28.8 Å². The number of anilines is 1. The molecule has 2 nitrogen and oxygen atoms in total. The lowest BCUT2D eigenvalue weighted by atomic mass is 10.0. The van der Waals surface area contributed by atoms with Crippen molar-refractivity contribution in [2.75, 3.05) is 5.73 Å². The Balaban J connectivity index is 2.53. The van der Waals surface area contributed by atoms with E-state index in [0.717, 1.165) is 0 Å². The van der Waals surface area contributed by atoms with E-state index in [-0.39, 0.29) is 16.3 Å². The van der Waals surface area contributed by atoms with Gasteiger partial charge in [-0.2, -0.15) is 0 Å². The maximum Gasteiger partial charge on any atom is 0.198 e. The molecule has 0 amide bonds. The van der Waals surface area contributed by atoms with Crippen LogP contribution in [0.25, 0.3) is 0 Å². The molecule has 0 aliphatic carbocycles. The van der Waals surface area contributed by atoms with Crippen molar-refractivity contribution in [3.8, 4) is 0 Å². The summed E-state index contributed by atoms with van der Waals surface area (Å²) in [5.41, 5.74) is 4.83. The third-order valence-electron chi connectivity index (χ3n) is 2.50. The van der Waals surface area contributed by atoms with Gasteiger partial charge in [-0.05, 0) is 18.2 Å². The summed E-state index contributed by atoms with van der Waals surface area (Å²) in [7, 11) is 0. The molecule has 19 heavy (non-hydrogen) atoms. The number of carbonyl (C=O) groups is 1. The first-order chi connectivity index (χ1) is 8.90. The molecule has 0 saturated heterocycles. The Labute approximate surface area is 111 Å². The van der Waals surface area contributed by atoms with Crippen LogP contribution in [0.15, 0.2) is 30.3 Å². The van der Waals surface area contributed by atoms with Crippen LogP contribution in [-0.2, 0) is 0 Å². The summed E-state index contributed by atoms with van der Waals surface area (Å²) in [6, 6.07) is 4.70. The van der Waals surface area contributed by atoms with E-state index in [1.54, 1.807) is 0 Å². The summed E-state index contributed by atoms with van der Waals surface area (Å²) in [5.74, 6) is -4.57. The van der Waals surface area contributed by atoms with Crippen molar-refractivity contribution < 1.29 is 18.0 Å². The fraction of sp³-hybridized carbons (Fsp3) is 0. The largest absolute Gasteiger partial charge is 0.398 e. The molecule has 0 radical (unpaired) electrons. The van der Waals surface area contributed by atoms with Crippen LogP contribution in [0.3, 0.4) is 0 Å². The lowest BCUT2D eigenvalue weighted by molar-refractivity contribution is 0.103. The van der Waals surface area contributed by atoms with Crippen molar-refractivity contribution >= 4 is 23.1 Å². The number of ketones is 1. The van der Waals surface area contributed by atoms with E-state index in [4.69, 9.17) is 17.3 Å². The van der Waals surface area contributed by atoms with Crippen molar-refractivity contribution in [2.45, 2.75) is 0 Å². The maximum absolute atomic E-state index is 13.5. The molecule has 2 aromatic carbocycles. The molecule has 2 aromatic rings. The number of nitrogens with two attached hydrogens (primary N) is 1. The van der Waals surface area contributed by atoms with Gasteiger partial charge in [0.1, 0.15) is 17.5 Å². The first-order valence-electron chi connectivity index (χ1n) is 5.14. The summed E-state index contributed by atoms with van der Waals surface area (Å²) < 4.78 is 39.7. The molecule has 6 heteroatoms. The lowest BCUT2D eigenvalue weighted by Gasteiger charge is -2.06. The van der Waals surface area contributed by atoms with Gasteiger partial charge in [-0.25, -0.2) is 13.2 Å². The lowest BCUT2D eigenvalue weighted by Crippen LogP contribution is -2.08. The summed E-state index contributed by atoms with van der Waals surface area (Å²) in [4.78, 5) is 12.0. The highest BCUT2D eigenvalue weighted by atomic mass is 35.5. The number of carbonyl (C=O) groups excluding carboxylic acids is 1. The Morgan fingerprint density at radius 3 is 2.16 bits per heavy atom. The highest BCUT2D eigenvalue weighted by Gasteiger charge is 2.20. The van der Waals surface area contributed by atoms with E-state index in [1.807, 2.05) is 0 Å². The fourth-order valence-corrected chi connectivity index (χ4v) is 1.75. The molecule has 0 aromatic heterocycles. The Kier molecular flexibility index (Phi) is 3.48. The summed E-state index contributed by atoms with van der Waals surface area (Å²) in [6.07, 6.45) is 0. The molecule has 0 spiro atoms. The topological polar surface area (TPSA) is 43.1 Å². The second-order valence-corrected chi connectivity index (χ2v) is 4.22. The quantitative estimate of drug-likeness (QED) is 0.677. The summed E-state index contributed by atoms with van der Waals surface area (Å²) >= 11 is 5.73. The van der Waals surface area contributed by atoms with Gasteiger partial charge in [0.25, 0.3) is 0 Å². The van der Waals surface area contributed by atoms with Crippen molar-refractivity contribution in [2.24, 2.45) is 0 Å². The maximum atomic E-state index is 13.5. The zero-order valence-electron chi connectivity index (χ0n) is 9.38. The molecule has 2 rings (SSSR count). The molecule has 0 heterocycles. The molecule has 0 atom stereocenters. The van der Waals surface area contributed by atoms with E-state index >= 15 is 0 Å². The second kappa shape index (κ2) is 4.93. The number of halogens is 4. The third kappa shape index (κ3) is 2.56. The molecule has 0 aliphatic rings. The minimum Gasteiger partial charge on any atom is -0.398 e. The number of rotatable bonds is 2. The predicted molar refractivity (Wildman–Crippen MR) is 65.6 cm³/mol. The Bertz CT molecular complexity index is 650. The van der Waals surface area contributed by atoms with Gasteiger partial charge >= 0.3 is 0 Å². The second-order valence-electron chi connectivity index (χ2n) is 3.81. The van der Waals surface area contributed by atoms with Crippen LogP contribution >= 0.6 is 11.6 Å². The van der Waals surface area contributed by atoms with Gasteiger partial charge in [-0.3, -0.25) is 4.79 Å². The smallest absolute Gasteiger partial charge is 0.198 e. The van der Waals surface area contributed by atoms with E-state index in [1.165, 1.54) is 18.2 Å². The monoisotopic (exact) mass is 285 g/mol. The Morgan fingerprint density at radius 1 is 1.05 bits per heavy atom. The fourth-order valence-electron chi connectivity index (χ4n) is 1.57. The summed E-state index contributed by atoms with van der Waals surface area (Å²) in [6.45, 7) is 0. The number of hydrogen-bond donors (Lipinski definition) is 1. The normalized spacial score (nSPS) is 10.5. The van der Waals surface area contributed by atoms with Gasteiger partial charge in [0.05, 0.1) is 16.3 Å². The number of nitrogen functional groups attached to an aromatic ring is 1. The molecule has 0 bridgehead atoms. The SMILES string of the molecule is Nc1ccc(C(=O)c2c(F)cc(F)cc2F)cc1Cl. The van der Waals surface area contributed by atoms with E-state index in [0.29, 0.717) is 12.1 Å². The van der Waals surface area contributed by atoms with Crippen LogP contribution < -0.4 is 5.73 Å². The van der Waals surface area contributed by atoms with Crippen molar-refractivity contribution in [3.63, 3.8) is 0 Å². The zero-order chi connectivity index (χ0) is 14.2. The molecular weight excluding hydrogens is 279 g/mol. The number of hydrogen-bond acceptors (Lipinski definition) is 2. The molecule has 0 saturated carbocycles. The van der Waals surface area contributed by atoms with E-state index in [2.05, 4.69) is 0 Å². The highest BCUT2D eigenvalue weighted by Crippen LogP contribution is 2.24. The van der Waals surface area contributed by atoms with Crippen LogP contribution in [0.4, 0.5) is 18.9 Å². The molecule has 0 fully saturated rings. The van der Waals surface area contributed by atoms with Gasteiger partial charge in [0, 0.05) is 17.7 Å². The van der Waals surface area contributed by atoms with Crippen LogP contribution in [0.1, 0.15) is 15.9 Å². The zero-order valence-corrected chi connectivity index (χ0v) is 10.1. The van der Waals surface area contributed by atoms with Gasteiger partial charge in [-0.1, -0.05) is 11.6 Å². The average molecular weight is 286 g/mol. The van der Waals surface area contributed by atoms with Crippen LogP contribution in [-0.4, -0.2) is 5.78 Å². The Morgan fingerprint density at radius 2 is 1.63 bits per heavy atom. The van der Waals surface area contributed by atoms with Gasteiger partial charge in [0.15, 0.2) is 5.78 Å². The van der Waals surface area contributed by atoms with Gasteiger partial charge in [0.2, 0.25) is 0 Å². The Hall–Kier alpha value is -2.01. The van der Waals surface area contributed by atoms with Crippen molar-refractivity contribution in [1.29, 1.82) is 0 Å². The predicted octanol–water partition coefficient (Wildman–Crippen LogP) is 3.57.